The molecule has 0 saturated carbocycles. The second-order valence-electron chi connectivity index (χ2n) is 2.72. The summed E-state index contributed by atoms with van der Waals surface area (Å²) < 4.78 is 1.29. The largest absolute Gasteiger partial charge is 0.323 e. The van der Waals surface area contributed by atoms with E-state index >= 15 is 0 Å². The summed E-state index contributed by atoms with van der Waals surface area (Å²) in [7, 11) is 0. The van der Waals surface area contributed by atoms with E-state index in [-0.39, 0.29) is 4.36 Å². The van der Waals surface area contributed by atoms with Crippen LogP contribution in [-0.2, 0) is 0 Å². The predicted molar refractivity (Wildman–Crippen MR) is 71.7 cm³/mol. The summed E-state index contributed by atoms with van der Waals surface area (Å²) in [5.41, 5.74) is 2.47. The normalized spacial score (nSPS) is 11.5. The van der Waals surface area contributed by atoms with E-state index in [1.54, 1.807) is 0 Å². The van der Waals surface area contributed by atoms with Gasteiger partial charge in [-0.15, -0.1) is 31.5 Å². The van der Waals surface area contributed by atoms with E-state index in [9.17, 15) is 0 Å². The number of rotatable bonds is 2. The van der Waals surface area contributed by atoms with Crippen LogP contribution in [0.1, 0.15) is 11.1 Å². The van der Waals surface area contributed by atoms with Gasteiger partial charge in [-0.05, 0) is 12.5 Å². The molecule has 0 fully saturated rings. The Hall–Kier alpha value is 0.465. The third-order valence-electron chi connectivity index (χ3n) is 1.60. The van der Waals surface area contributed by atoms with Crippen molar-refractivity contribution in [3.63, 3.8) is 0 Å². The molecular formula is C9H8BBr3. The summed E-state index contributed by atoms with van der Waals surface area (Å²) >= 11 is 10.3. The summed E-state index contributed by atoms with van der Waals surface area (Å²) in [5, 5.41) is 0. The molecule has 13 heavy (non-hydrogen) atoms. The first-order chi connectivity index (χ1) is 6.09. The zero-order chi connectivity index (χ0) is 9.84. The molecule has 0 atom stereocenters. The first-order valence-corrected chi connectivity index (χ1v) is 6.44. The van der Waals surface area contributed by atoms with Gasteiger partial charge in [-0.1, -0.05) is 51.7 Å². The van der Waals surface area contributed by atoms with Crippen molar-refractivity contribution in [1.29, 1.82) is 0 Å². The van der Waals surface area contributed by atoms with E-state index in [1.165, 1.54) is 11.1 Å². The minimum absolute atomic E-state index is 0.204. The van der Waals surface area contributed by atoms with Gasteiger partial charge in [0.05, 0.1) is 0 Å². The maximum atomic E-state index is 3.51. The lowest BCUT2D eigenvalue weighted by Crippen LogP contribution is -1.85. The van der Waals surface area contributed by atoms with Gasteiger partial charge in [0.15, 0.2) is 0 Å². The van der Waals surface area contributed by atoms with Crippen LogP contribution in [0.3, 0.4) is 0 Å². The predicted octanol–water partition coefficient (Wildman–Crippen LogP) is 4.55. The quantitative estimate of drug-likeness (QED) is 0.674. The third kappa shape index (κ3) is 4.00. The lowest BCUT2D eigenvalue weighted by Gasteiger charge is -2.00. The van der Waals surface area contributed by atoms with E-state index in [2.05, 4.69) is 78.6 Å². The molecule has 1 rings (SSSR count). The van der Waals surface area contributed by atoms with Gasteiger partial charge >= 0.3 is 4.36 Å². The molecule has 4 heteroatoms. The van der Waals surface area contributed by atoms with Gasteiger partial charge in [-0.25, -0.2) is 0 Å². The molecule has 0 aliphatic carbocycles. The van der Waals surface area contributed by atoms with Gasteiger partial charge in [-0.3, -0.25) is 0 Å². The lowest BCUT2D eigenvalue weighted by atomic mass is 10.1. The molecule has 0 bridgehead atoms. The number of halogens is 3. The highest BCUT2D eigenvalue weighted by Gasteiger charge is 2.02. The van der Waals surface area contributed by atoms with Gasteiger partial charge < -0.3 is 0 Å². The van der Waals surface area contributed by atoms with Gasteiger partial charge in [0, 0.05) is 4.48 Å². The Kier molecular flexibility index (Phi) is 4.77. The molecule has 0 radical (unpaired) electrons. The van der Waals surface area contributed by atoms with Gasteiger partial charge in [0.25, 0.3) is 0 Å². The average molecular weight is 367 g/mol. The first kappa shape index (κ1) is 11.5. The minimum Gasteiger partial charge on any atom is -0.133 e. The summed E-state index contributed by atoms with van der Waals surface area (Å²) in [6.07, 6.45) is 0. The van der Waals surface area contributed by atoms with Crippen molar-refractivity contribution in [2.45, 2.75) is 6.92 Å². The van der Waals surface area contributed by atoms with Crippen molar-refractivity contribution in [1.82, 2.24) is 0 Å². The Labute approximate surface area is 104 Å². The van der Waals surface area contributed by atoms with Crippen LogP contribution in [0, 0.1) is 6.92 Å². The lowest BCUT2D eigenvalue weighted by molar-refractivity contribution is 1.46. The molecule has 0 heterocycles. The van der Waals surface area contributed by atoms with Crippen LogP contribution in [0.25, 0.3) is 4.48 Å². The Morgan fingerprint density at radius 1 is 1.23 bits per heavy atom. The summed E-state index contributed by atoms with van der Waals surface area (Å²) in [6.45, 7) is 2.08. The van der Waals surface area contributed by atoms with Crippen LogP contribution < -0.4 is 0 Å². The van der Waals surface area contributed by atoms with E-state index in [1.807, 2.05) is 5.98 Å². The summed E-state index contributed by atoms with van der Waals surface area (Å²) in [4.78, 5) is 0. The van der Waals surface area contributed by atoms with Crippen LogP contribution >= 0.6 is 47.4 Å². The second kappa shape index (κ2) is 5.37. The molecule has 68 valence electrons. The smallest absolute Gasteiger partial charge is 0.133 e. The standard InChI is InChI=1S/C9H8BBr3/c1-7-2-4-8(5-3-7)9(11)6-10(12)13/h2-6H,1H3/b9-6-. The third-order valence-corrected chi connectivity index (χ3v) is 2.85. The van der Waals surface area contributed by atoms with Gasteiger partial charge in [0.1, 0.15) is 0 Å². The highest BCUT2D eigenvalue weighted by atomic mass is 79.9. The molecule has 0 N–H and O–H groups in total. The molecule has 0 nitrogen and oxygen atoms in total. The van der Waals surface area contributed by atoms with E-state index in [0.717, 1.165) is 4.48 Å². The number of hydrogen-bond acceptors (Lipinski definition) is 0. The summed E-state index contributed by atoms with van der Waals surface area (Å²) in [6, 6.07) is 8.39. The number of benzene rings is 1. The Morgan fingerprint density at radius 3 is 2.23 bits per heavy atom. The zero-order valence-electron chi connectivity index (χ0n) is 7.10. The van der Waals surface area contributed by atoms with E-state index in [4.69, 9.17) is 0 Å². The Balaban J connectivity index is 2.89. The molecular weight excluding hydrogens is 359 g/mol. The fourth-order valence-electron chi connectivity index (χ4n) is 0.920. The van der Waals surface area contributed by atoms with E-state index < -0.39 is 0 Å². The highest BCUT2D eigenvalue weighted by molar-refractivity contribution is 9.49. The van der Waals surface area contributed by atoms with Crippen molar-refractivity contribution in [2.75, 3.05) is 0 Å². The Bertz CT molecular complexity index is 303. The van der Waals surface area contributed by atoms with Crippen molar-refractivity contribution in [2.24, 2.45) is 0 Å². The van der Waals surface area contributed by atoms with Crippen molar-refractivity contribution >= 4 is 56.3 Å². The zero-order valence-corrected chi connectivity index (χ0v) is 11.9. The molecule has 0 amide bonds. The van der Waals surface area contributed by atoms with Crippen LogP contribution in [0.5, 0.6) is 0 Å². The van der Waals surface area contributed by atoms with Crippen LogP contribution in [-0.4, -0.2) is 4.36 Å². The fourth-order valence-corrected chi connectivity index (χ4v) is 2.69. The van der Waals surface area contributed by atoms with Crippen molar-refractivity contribution in [3.8, 4) is 0 Å². The fraction of sp³-hybridized carbons (Fsp3) is 0.111. The topological polar surface area (TPSA) is 0 Å². The average Bonchev–Trinajstić information content (AvgIpc) is 2.04. The molecule has 1 aromatic carbocycles. The Morgan fingerprint density at radius 2 is 1.77 bits per heavy atom. The maximum Gasteiger partial charge on any atom is 0.323 e. The second-order valence-corrected chi connectivity index (χ2v) is 6.77. The maximum absolute atomic E-state index is 3.51. The molecule has 0 aliphatic heterocycles. The van der Waals surface area contributed by atoms with Crippen molar-refractivity contribution < 1.29 is 0 Å². The van der Waals surface area contributed by atoms with Crippen molar-refractivity contribution in [3.05, 3.63) is 41.4 Å². The van der Waals surface area contributed by atoms with Gasteiger partial charge in [-0.2, -0.15) is 0 Å². The number of hydrogen-bond donors (Lipinski definition) is 0. The van der Waals surface area contributed by atoms with E-state index in [0.29, 0.717) is 0 Å². The molecule has 0 unspecified atom stereocenters. The first-order valence-electron chi connectivity index (χ1n) is 3.82. The van der Waals surface area contributed by atoms with Gasteiger partial charge in [0.2, 0.25) is 0 Å². The van der Waals surface area contributed by atoms with Crippen LogP contribution in [0.4, 0.5) is 0 Å². The molecule has 0 aromatic heterocycles. The highest BCUT2D eigenvalue weighted by Crippen LogP contribution is 2.23. The molecule has 0 spiro atoms. The molecule has 0 saturated heterocycles. The minimum atomic E-state index is 0.204. The van der Waals surface area contributed by atoms with Crippen LogP contribution in [0.2, 0.25) is 0 Å². The monoisotopic (exact) mass is 364 g/mol. The summed E-state index contributed by atoms with van der Waals surface area (Å²) in [5.74, 6) is 2.05. The molecule has 1 aromatic rings. The number of aryl methyl sites for hydroxylation is 1. The molecule has 0 aliphatic rings. The SMILES string of the molecule is Cc1ccc(/C(Br)=C/B(Br)Br)cc1. The van der Waals surface area contributed by atoms with Crippen LogP contribution in [0.15, 0.2) is 30.2 Å².